The highest BCUT2D eigenvalue weighted by Crippen LogP contribution is 2.26. The van der Waals surface area contributed by atoms with E-state index in [4.69, 9.17) is 11.5 Å². The Hall–Kier alpha value is -3.15. The monoisotopic (exact) mass is 307 g/mol. The molecule has 0 saturated carbocycles. The van der Waals surface area contributed by atoms with Crippen LogP contribution in [-0.2, 0) is 0 Å². The SMILES string of the molecule is CC(Nc1ncnc2c(C(N)=O)cccc12)c1cccc(N)c1. The Bertz CT molecular complexity index is 878. The van der Waals surface area contributed by atoms with Gasteiger partial charge < -0.3 is 16.8 Å². The van der Waals surface area contributed by atoms with Crippen LogP contribution < -0.4 is 16.8 Å². The molecule has 1 heterocycles. The van der Waals surface area contributed by atoms with E-state index in [-0.39, 0.29) is 6.04 Å². The number of benzene rings is 2. The van der Waals surface area contributed by atoms with Gasteiger partial charge in [0, 0.05) is 11.1 Å². The number of nitrogens with two attached hydrogens (primary N) is 2. The molecule has 5 N–H and O–H groups in total. The molecule has 0 saturated heterocycles. The molecule has 3 aromatic rings. The predicted molar refractivity (Wildman–Crippen MR) is 90.9 cm³/mol. The number of fused-ring (bicyclic) bond motifs is 1. The lowest BCUT2D eigenvalue weighted by Gasteiger charge is -2.17. The molecule has 1 unspecified atom stereocenters. The minimum Gasteiger partial charge on any atom is -0.399 e. The van der Waals surface area contributed by atoms with Gasteiger partial charge in [0.15, 0.2) is 0 Å². The highest BCUT2D eigenvalue weighted by atomic mass is 16.1. The fourth-order valence-corrected chi connectivity index (χ4v) is 2.52. The summed E-state index contributed by atoms with van der Waals surface area (Å²) in [6, 6.07) is 12.9. The highest BCUT2D eigenvalue weighted by Gasteiger charge is 2.13. The summed E-state index contributed by atoms with van der Waals surface area (Å²) < 4.78 is 0. The van der Waals surface area contributed by atoms with Crippen molar-refractivity contribution in [3.8, 4) is 0 Å². The summed E-state index contributed by atoms with van der Waals surface area (Å²) in [5.41, 5.74) is 13.9. The van der Waals surface area contributed by atoms with Crippen LogP contribution in [0, 0.1) is 0 Å². The standard InChI is InChI=1S/C17H17N5O/c1-10(11-4-2-5-12(18)8-11)22-17-14-7-3-6-13(16(19)23)15(14)20-9-21-17/h2-10H,18H2,1H3,(H2,19,23)(H,20,21,22). The molecular weight excluding hydrogens is 290 g/mol. The smallest absolute Gasteiger partial charge is 0.250 e. The quantitative estimate of drug-likeness (QED) is 0.642. The third-order valence-corrected chi connectivity index (χ3v) is 3.69. The van der Waals surface area contributed by atoms with Crippen molar-refractivity contribution in [2.24, 2.45) is 5.73 Å². The first-order valence-electron chi connectivity index (χ1n) is 7.22. The van der Waals surface area contributed by atoms with E-state index in [0.717, 1.165) is 10.9 Å². The maximum absolute atomic E-state index is 11.5. The predicted octanol–water partition coefficient (Wildman–Crippen LogP) is 2.48. The summed E-state index contributed by atoms with van der Waals surface area (Å²) in [6.45, 7) is 2.01. The number of amides is 1. The van der Waals surface area contributed by atoms with Gasteiger partial charge in [0.25, 0.3) is 5.91 Å². The first-order valence-corrected chi connectivity index (χ1v) is 7.22. The van der Waals surface area contributed by atoms with E-state index in [1.165, 1.54) is 6.33 Å². The lowest BCUT2D eigenvalue weighted by Crippen LogP contribution is -2.13. The zero-order chi connectivity index (χ0) is 16.4. The number of nitrogens with zero attached hydrogens (tertiary/aromatic N) is 2. The number of aromatic nitrogens is 2. The molecule has 0 spiro atoms. The number of nitrogen functional groups attached to an aromatic ring is 1. The molecule has 1 amide bonds. The van der Waals surface area contributed by atoms with E-state index >= 15 is 0 Å². The number of hydrogen-bond acceptors (Lipinski definition) is 5. The van der Waals surface area contributed by atoms with E-state index in [1.54, 1.807) is 12.1 Å². The van der Waals surface area contributed by atoms with Crippen LogP contribution in [0.2, 0.25) is 0 Å². The van der Waals surface area contributed by atoms with Crippen molar-refractivity contribution < 1.29 is 4.79 Å². The molecule has 0 aliphatic carbocycles. The lowest BCUT2D eigenvalue weighted by atomic mass is 10.1. The number of carbonyl (C=O) groups is 1. The summed E-state index contributed by atoms with van der Waals surface area (Å²) in [6.07, 6.45) is 1.42. The maximum atomic E-state index is 11.5. The molecule has 1 aromatic heterocycles. The normalized spacial score (nSPS) is 12.0. The molecule has 116 valence electrons. The van der Waals surface area contributed by atoms with Crippen molar-refractivity contribution in [1.82, 2.24) is 9.97 Å². The van der Waals surface area contributed by atoms with Gasteiger partial charge in [-0.05, 0) is 36.8 Å². The van der Waals surface area contributed by atoms with Crippen LogP contribution in [-0.4, -0.2) is 15.9 Å². The molecule has 0 radical (unpaired) electrons. The summed E-state index contributed by atoms with van der Waals surface area (Å²) in [5, 5.41) is 4.09. The summed E-state index contributed by atoms with van der Waals surface area (Å²) in [5.74, 6) is 0.136. The van der Waals surface area contributed by atoms with Gasteiger partial charge in [-0.2, -0.15) is 0 Å². The van der Waals surface area contributed by atoms with Crippen LogP contribution in [0.3, 0.4) is 0 Å². The molecule has 0 aliphatic rings. The van der Waals surface area contributed by atoms with E-state index in [1.807, 2.05) is 37.3 Å². The second-order valence-corrected chi connectivity index (χ2v) is 5.32. The molecule has 1 atom stereocenters. The average Bonchev–Trinajstić information content (AvgIpc) is 2.54. The molecule has 6 heteroatoms. The fourth-order valence-electron chi connectivity index (χ4n) is 2.52. The topological polar surface area (TPSA) is 107 Å². The van der Waals surface area contributed by atoms with E-state index in [2.05, 4.69) is 15.3 Å². The van der Waals surface area contributed by atoms with Gasteiger partial charge in [-0.3, -0.25) is 4.79 Å². The van der Waals surface area contributed by atoms with Gasteiger partial charge >= 0.3 is 0 Å². The maximum Gasteiger partial charge on any atom is 0.250 e. The molecule has 3 rings (SSSR count). The van der Waals surface area contributed by atoms with E-state index in [0.29, 0.717) is 22.6 Å². The minimum atomic E-state index is -0.510. The van der Waals surface area contributed by atoms with Gasteiger partial charge in [-0.25, -0.2) is 9.97 Å². The Morgan fingerprint density at radius 3 is 2.70 bits per heavy atom. The van der Waals surface area contributed by atoms with Crippen molar-refractivity contribution in [3.63, 3.8) is 0 Å². The van der Waals surface area contributed by atoms with Crippen molar-refractivity contribution >= 4 is 28.3 Å². The summed E-state index contributed by atoms with van der Waals surface area (Å²) >= 11 is 0. The van der Waals surface area contributed by atoms with Crippen LogP contribution in [0.4, 0.5) is 11.5 Å². The molecule has 0 aliphatic heterocycles. The van der Waals surface area contributed by atoms with Crippen LogP contribution in [0.25, 0.3) is 10.9 Å². The number of rotatable bonds is 4. The fraction of sp³-hybridized carbons (Fsp3) is 0.118. The molecule has 6 nitrogen and oxygen atoms in total. The Morgan fingerprint density at radius 2 is 1.96 bits per heavy atom. The Labute approximate surface area is 133 Å². The lowest BCUT2D eigenvalue weighted by molar-refractivity contribution is 0.100. The van der Waals surface area contributed by atoms with Crippen LogP contribution in [0.15, 0.2) is 48.8 Å². The van der Waals surface area contributed by atoms with Crippen LogP contribution >= 0.6 is 0 Å². The molecule has 0 bridgehead atoms. The van der Waals surface area contributed by atoms with Gasteiger partial charge in [0.2, 0.25) is 0 Å². The zero-order valence-electron chi connectivity index (χ0n) is 12.7. The third-order valence-electron chi connectivity index (χ3n) is 3.69. The minimum absolute atomic E-state index is 0.00571. The van der Waals surface area contributed by atoms with E-state index < -0.39 is 5.91 Å². The molecule has 2 aromatic carbocycles. The van der Waals surface area contributed by atoms with E-state index in [9.17, 15) is 4.79 Å². The summed E-state index contributed by atoms with van der Waals surface area (Å²) in [4.78, 5) is 20.0. The molecule has 23 heavy (non-hydrogen) atoms. The largest absolute Gasteiger partial charge is 0.399 e. The first kappa shape index (κ1) is 14.8. The summed E-state index contributed by atoms with van der Waals surface area (Å²) in [7, 11) is 0. The second kappa shape index (κ2) is 5.92. The van der Waals surface area contributed by atoms with Gasteiger partial charge in [0.1, 0.15) is 12.1 Å². The van der Waals surface area contributed by atoms with Crippen molar-refractivity contribution in [2.45, 2.75) is 13.0 Å². The van der Waals surface area contributed by atoms with Crippen molar-refractivity contribution in [1.29, 1.82) is 0 Å². The highest BCUT2D eigenvalue weighted by molar-refractivity contribution is 6.06. The Kier molecular flexibility index (Phi) is 3.80. The number of hydrogen-bond donors (Lipinski definition) is 3. The third kappa shape index (κ3) is 2.91. The molecular formula is C17H17N5O. The molecule has 0 fully saturated rings. The number of para-hydroxylation sites is 1. The van der Waals surface area contributed by atoms with Crippen LogP contribution in [0.5, 0.6) is 0 Å². The Morgan fingerprint density at radius 1 is 1.17 bits per heavy atom. The Balaban J connectivity index is 2.00. The van der Waals surface area contributed by atoms with Crippen molar-refractivity contribution in [3.05, 3.63) is 59.9 Å². The number of primary amides is 1. The number of carbonyl (C=O) groups excluding carboxylic acids is 1. The number of nitrogens with one attached hydrogen (secondary N) is 1. The van der Waals surface area contributed by atoms with Gasteiger partial charge in [-0.15, -0.1) is 0 Å². The average molecular weight is 307 g/mol. The van der Waals surface area contributed by atoms with Gasteiger partial charge in [-0.1, -0.05) is 18.2 Å². The van der Waals surface area contributed by atoms with Crippen molar-refractivity contribution in [2.75, 3.05) is 11.1 Å². The second-order valence-electron chi connectivity index (χ2n) is 5.32. The van der Waals surface area contributed by atoms with Crippen LogP contribution in [0.1, 0.15) is 28.9 Å². The van der Waals surface area contributed by atoms with Gasteiger partial charge in [0.05, 0.1) is 17.1 Å². The number of anilines is 2. The first-order chi connectivity index (χ1) is 11.1. The zero-order valence-corrected chi connectivity index (χ0v) is 12.7.